The van der Waals surface area contributed by atoms with Gasteiger partial charge in [0.25, 0.3) is 0 Å². The molecule has 6 nitrogen and oxygen atoms in total. The SMILES string of the molecule is COc1cc(C=NC2=CC(=O)C(=O)c3ccccc32)cc(OC)c1OC. The van der Waals surface area contributed by atoms with Crippen LogP contribution < -0.4 is 14.2 Å². The molecule has 2 aromatic carbocycles. The molecule has 0 aliphatic heterocycles. The molecule has 0 N–H and O–H groups in total. The van der Waals surface area contributed by atoms with E-state index in [1.807, 2.05) is 0 Å². The van der Waals surface area contributed by atoms with Crippen molar-refractivity contribution in [1.82, 2.24) is 0 Å². The van der Waals surface area contributed by atoms with Gasteiger partial charge >= 0.3 is 0 Å². The number of methoxy groups -OCH3 is 3. The summed E-state index contributed by atoms with van der Waals surface area (Å²) in [7, 11) is 4.59. The first-order valence-electron chi connectivity index (χ1n) is 7.83. The van der Waals surface area contributed by atoms with Crippen LogP contribution in [0.25, 0.3) is 5.70 Å². The molecule has 0 atom stereocenters. The Morgan fingerprint density at radius 3 is 2.08 bits per heavy atom. The van der Waals surface area contributed by atoms with E-state index < -0.39 is 11.6 Å². The van der Waals surface area contributed by atoms with E-state index in [1.54, 1.807) is 42.6 Å². The molecule has 6 heteroatoms. The molecule has 0 aromatic heterocycles. The van der Waals surface area contributed by atoms with Gasteiger partial charge in [0.15, 0.2) is 11.5 Å². The van der Waals surface area contributed by atoms with Crippen LogP contribution in [0.3, 0.4) is 0 Å². The van der Waals surface area contributed by atoms with Gasteiger partial charge in [-0.15, -0.1) is 0 Å². The number of hydrogen-bond donors (Lipinski definition) is 0. The smallest absolute Gasteiger partial charge is 0.233 e. The fourth-order valence-corrected chi connectivity index (χ4v) is 2.73. The molecule has 26 heavy (non-hydrogen) atoms. The molecule has 3 rings (SSSR count). The first-order valence-corrected chi connectivity index (χ1v) is 7.83. The zero-order valence-corrected chi connectivity index (χ0v) is 14.6. The average Bonchev–Trinajstić information content (AvgIpc) is 2.68. The highest BCUT2D eigenvalue weighted by atomic mass is 16.5. The molecular weight excluding hydrogens is 334 g/mol. The number of carbonyl (C=O) groups excluding carboxylic acids is 2. The fraction of sp³-hybridized carbons (Fsp3) is 0.150. The second-order valence-corrected chi connectivity index (χ2v) is 5.49. The standard InChI is InChI=1S/C20H17NO5/c1-24-17-8-12(9-18(25-2)20(17)26-3)11-21-15-10-16(22)19(23)14-7-5-4-6-13(14)15/h4-11H,1-3H3. The molecule has 0 amide bonds. The van der Waals surface area contributed by atoms with E-state index in [4.69, 9.17) is 14.2 Å². The van der Waals surface area contributed by atoms with E-state index in [2.05, 4.69) is 4.99 Å². The summed E-state index contributed by atoms with van der Waals surface area (Å²) in [5.74, 6) is 0.374. The third kappa shape index (κ3) is 3.09. The van der Waals surface area contributed by atoms with Crippen LogP contribution >= 0.6 is 0 Å². The van der Waals surface area contributed by atoms with Crippen molar-refractivity contribution < 1.29 is 23.8 Å². The van der Waals surface area contributed by atoms with Crippen LogP contribution in [0.4, 0.5) is 0 Å². The van der Waals surface area contributed by atoms with Gasteiger partial charge in [-0.2, -0.15) is 0 Å². The lowest BCUT2D eigenvalue weighted by molar-refractivity contribution is -0.111. The first-order chi connectivity index (χ1) is 12.6. The fourth-order valence-electron chi connectivity index (χ4n) is 2.73. The summed E-state index contributed by atoms with van der Waals surface area (Å²) in [6.45, 7) is 0. The molecular formula is C20H17NO5. The van der Waals surface area contributed by atoms with Gasteiger partial charge in [0.1, 0.15) is 0 Å². The molecule has 1 aliphatic carbocycles. The summed E-state index contributed by atoms with van der Waals surface area (Å²) in [4.78, 5) is 28.3. The van der Waals surface area contributed by atoms with Crippen molar-refractivity contribution in [3.05, 3.63) is 59.2 Å². The van der Waals surface area contributed by atoms with Crippen molar-refractivity contribution >= 4 is 23.5 Å². The number of allylic oxidation sites excluding steroid dienone is 1. The highest BCUT2D eigenvalue weighted by Gasteiger charge is 2.24. The zero-order valence-electron chi connectivity index (χ0n) is 14.6. The van der Waals surface area contributed by atoms with Crippen molar-refractivity contribution in [2.24, 2.45) is 4.99 Å². The number of aliphatic imine (C=N–C) groups is 1. The van der Waals surface area contributed by atoms with Gasteiger partial charge in [-0.3, -0.25) is 14.6 Å². The van der Waals surface area contributed by atoms with E-state index in [0.29, 0.717) is 39.6 Å². The molecule has 0 radical (unpaired) electrons. The predicted molar refractivity (Wildman–Crippen MR) is 97.4 cm³/mol. The third-order valence-electron chi connectivity index (χ3n) is 3.98. The largest absolute Gasteiger partial charge is 0.493 e. The highest BCUT2D eigenvalue weighted by Crippen LogP contribution is 2.38. The number of benzene rings is 2. The average molecular weight is 351 g/mol. The number of hydrogen-bond acceptors (Lipinski definition) is 6. The molecule has 0 fully saturated rings. The topological polar surface area (TPSA) is 74.2 Å². The van der Waals surface area contributed by atoms with Gasteiger partial charge in [0, 0.05) is 29.0 Å². The molecule has 0 saturated heterocycles. The van der Waals surface area contributed by atoms with Gasteiger partial charge in [-0.25, -0.2) is 0 Å². The molecule has 132 valence electrons. The van der Waals surface area contributed by atoms with Crippen LogP contribution in [0.1, 0.15) is 21.5 Å². The lowest BCUT2D eigenvalue weighted by Gasteiger charge is -2.14. The Morgan fingerprint density at radius 1 is 0.885 bits per heavy atom. The minimum absolute atomic E-state index is 0.358. The molecule has 1 aliphatic rings. The maximum atomic E-state index is 12.0. The van der Waals surface area contributed by atoms with Crippen molar-refractivity contribution in [2.45, 2.75) is 0 Å². The maximum absolute atomic E-state index is 12.0. The van der Waals surface area contributed by atoms with E-state index >= 15 is 0 Å². The Bertz CT molecular complexity index is 918. The second-order valence-electron chi connectivity index (χ2n) is 5.49. The van der Waals surface area contributed by atoms with Crippen LogP contribution in [0.15, 0.2) is 47.5 Å². The number of ether oxygens (including phenoxy) is 3. The Hall–Kier alpha value is -3.41. The van der Waals surface area contributed by atoms with E-state index in [9.17, 15) is 9.59 Å². The van der Waals surface area contributed by atoms with E-state index in [-0.39, 0.29) is 0 Å². The number of ketones is 2. The van der Waals surface area contributed by atoms with E-state index in [1.165, 1.54) is 27.4 Å². The van der Waals surface area contributed by atoms with Gasteiger partial charge in [0.05, 0.1) is 27.0 Å². The summed E-state index contributed by atoms with van der Waals surface area (Å²) in [6.07, 6.45) is 2.83. The molecule has 0 bridgehead atoms. The predicted octanol–water partition coefficient (Wildman–Crippen LogP) is 2.94. The summed E-state index contributed by atoms with van der Waals surface area (Å²) in [6, 6.07) is 10.4. The van der Waals surface area contributed by atoms with Gasteiger partial charge in [0.2, 0.25) is 17.3 Å². The lowest BCUT2D eigenvalue weighted by Crippen LogP contribution is -2.18. The van der Waals surface area contributed by atoms with Crippen molar-refractivity contribution in [3.8, 4) is 17.2 Å². The Balaban J connectivity index is 2.01. The number of nitrogens with zero attached hydrogens (tertiary/aromatic N) is 1. The number of carbonyl (C=O) groups is 2. The third-order valence-corrected chi connectivity index (χ3v) is 3.98. The molecule has 2 aromatic rings. The highest BCUT2D eigenvalue weighted by molar-refractivity contribution is 6.50. The number of Topliss-reactive ketones (excluding diaryl/α,β-unsaturated/α-hetero) is 1. The normalized spacial score (nSPS) is 13.4. The van der Waals surface area contributed by atoms with E-state index in [0.717, 1.165) is 0 Å². The lowest BCUT2D eigenvalue weighted by atomic mass is 9.93. The van der Waals surface area contributed by atoms with Gasteiger partial charge in [-0.1, -0.05) is 24.3 Å². The quantitative estimate of drug-likeness (QED) is 0.612. The minimum Gasteiger partial charge on any atom is -0.493 e. The van der Waals surface area contributed by atoms with Crippen molar-refractivity contribution in [2.75, 3.05) is 21.3 Å². The molecule has 0 heterocycles. The van der Waals surface area contributed by atoms with Crippen molar-refractivity contribution in [1.29, 1.82) is 0 Å². The Morgan fingerprint density at radius 2 is 1.50 bits per heavy atom. The molecule has 0 unspecified atom stereocenters. The Kier molecular flexibility index (Phi) is 4.84. The summed E-state index contributed by atoms with van der Waals surface area (Å²) < 4.78 is 15.9. The van der Waals surface area contributed by atoms with Crippen LogP contribution in [-0.4, -0.2) is 39.1 Å². The van der Waals surface area contributed by atoms with Crippen molar-refractivity contribution in [3.63, 3.8) is 0 Å². The zero-order chi connectivity index (χ0) is 18.7. The van der Waals surface area contributed by atoms with Gasteiger partial charge in [-0.05, 0) is 12.1 Å². The van der Waals surface area contributed by atoms with Gasteiger partial charge < -0.3 is 14.2 Å². The summed E-state index contributed by atoms with van der Waals surface area (Å²) >= 11 is 0. The van der Waals surface area contributed by atoms with Crippen LogP contribution in [-0.2, 0) is 4.79 Å². The van der Waals surface area contributed by atoms with Crippen LogP contribution in [0.2, 0.25) is 0 Å². The first kappa shape index (κ1) is 17.4. The maximum Gasteiger partial charge on any atom is 0.233 e. The monoisotopic (exact) mass is 351 g/mol. The molecule has 0 saturated carbocycles. The summed E-state index contributed by atoms with van der Waals surface area (Å²) in [5, 5.41) is 0. The second kappa shape index (κ2) is 7.23. The number of rotatable bonds is 5. The minimum atomic E-state index is -0.583. The number of fused-ring (bicyclic) bond motifs is 1. The van der Waals surface area contributed by atoms with Crippen LogP contribution in [0, 0.1) is 0 Å². The Labute approximate surface area is 150 Å². The summed E-state index contributed by atoms with van der Waals surface area (Å²) in [5.41, 5.74) is 2.11. The van der Waals surface area contributed by atoms with Crippen LogP contribution in [0.5, 0.6) is 17.2 Å². The molecule has 0 spiro atoms.